The summed E-state index contributed by atoms with van der Waals surface area (Å²) in [7, 11) is 1.40. The summed E-state index contributed by atoms with van der Waals surface area (Å²) < 4.78 is 5.43. The largest absolute Gasteiger partial charge is 0.495 e. The topological polar surface area (TPSA) is 46.5 Å². The van der Waals surface area contributed by atoms with Crippen LogP contribution in [0, 0.1) is 0 Å². The number of carbonyl (C=O) groups is 1. The molecule has 0 heterocycles. The Hall–Kier alpha value is -0.740. The Labute approximate surface area is 88.4 Å². The van der Waals surface area contributed by atoms with Gasteiger partial charge >= 0.3 is 5.97 Å². The van der Waals surface area contributed by atoms with Crippen molar-refractivity contribution in [1.29, 1.82) is 0 Å². The monoisotopic (exact) mass is 264 g/mol. The van der Waals surface area contributed by atoms with E-state index in [0.29, 0.717) is 9.50 Å². The van der Waals surface area contributed by atoms with Crippen molar-refractivity contribution in [3.63, 3.8) is 0 Å². The molecule has 0 saturated heterocycles. The lowest BCUT2D eigenvalue weighted by Gasteiger charge is -2.07. The number of hydrogen-bond acceptors (Lipinski definition) is 2. The number of methoxy groups -OCH3 is 1. The molecule has 5 heteroatoms. The molecule has 0 aliphatic rings. The molecule has 0 amide bonds. The second kappa shape index (κ2) is 3.98. The Kier molecular flexibility index (Phi) is 3.17. The summed E-state index contributed by atoms with van der Waals surface area (Å²) in [5, 5.41) is 9.14. The Morgan fingerprint density at radius 2 is 2.23 bits per heavy atom. The van der Waals surface area contributed by atoms with E-state index in [9.17, 15) is 4.79 Å². The highest BCUT2D eigenvalue weighted by Crippen LogP contribution is 2.32. The first-order valence-electron chi connectivity index (χ1n) is 3.32. The van der Waals surface area contributed by atoms with E-state index < -0.39 is 5.97 Å². The molecule has 0 fully saturated rings. The van der Waals surface area contributed by atoms with Gasteiger partial charge in [0.25, 0.3) is 0 Å². The van der Waals surface area contributed by atoms with Crippen LogP contribution in [-0.2, 0) is 0 Å². The van der Waals surface area contributed by atoms with Gasteiger partial charge in [0.15, 0.2) is 0 Å². The van der Waals surface area contributed by atoms with Gasteiger partial charge in [0, 0.05) is 5.02 Å². The molecule has 0 atom stereocenters. The molecule has 0 radical (unpaired) electrons. The second-order valence-electron chi connectivity index (χ2n) is 2.27. The molecule has 0 spiro atoms. The van der Waals surface area contributed by atoms with Crippen LogP contribution in [0.3, 0.4) is 0 Å². The van der Waals surface area contributed by atoms with E-state index in [-0.39, 0.29) is 11.3 Å². The molecule has 1 aromatic carbocycles. The molecule has 0 unspecified atom stereocenters. The second-order valence-corrected chi connectivity index (χ2v) is 3.56. The summed E-state index contributed by atoms with van der Waals surface area (Å²) >= 11 is 8.83. The first-order valence-corrected chi connectivity index (χ1v) is 4.49. The number of ether oxygens (including phenoxy) is 1. The van der Waals surface area contributed by atoms with Gasteiger partial charge in [0.1, 0.15) is 11.3 Å². The van der Waals surface area contributed by atoms with Gasteiger partial charge in [-0.1, -0.05) is 11.6 Å². The highest BCUT2D eigenvalue weighted by atomic mass is 79.9. The van der Waals surface area contributed by atoms with Crippen LogP contribution >= 0.6 is 27.5 Å². The summed E-state index contributed by atoms with van der Waals surface area (Å²) in [6.07, 6.45) is 0. The number of carboxylic acid groups (broad SMARTS) is 1. The Morgan fingerprint density at radius 1 is 1.62 bits per heavy atom. The number of benzene rings is 1. The average Bonchev–Trinajstić information content (AvgIpc) is 2.02. The lowest BCUT2D eigenvalue weighted by Crippen LogP contribution is -2.00. The maximum Gasteiger partial charge on any atom is 0.339 e. The van der Waals surface area contributed by atoms with Crippen LogP contribution in [0.1, 0.15) is 10.4 Å². The van der Waals surface area contributed by atoms with Gasteiger partial charge in [-0.25, -0.2) is 4.79 Å². The van der Waals surface area contributed by atoms with Crippen LogP contribution in [0.5, 0.6) is 5.75 Å². The summed E-state index contributed by atoms with van der Waals surface area (Å²) in [5.74, 6) is -0.794. The molecule has 0 saturated carbocycles. The number of hydrogen-bond donors (Lipinski definition) is 1. The SMILES string of the molecule is COc1c(Br)cc(Cl)cc1C(=O)O. The number of aromatic carboxylic acids is 1. The van der Waals surface area contributed by atoms with E-state index in [4.69, 9.17) is 21.4 Å². The standard InChI is InChI=1S/C8H6BrClO3/c1-13-7-5(8(11)12)2-4(10)3-6(7)9/h2-3H,1H3,(H,11,12). The molecular weight excluding hydrogens is 259 g/mol. The van der Waals surface area contributed by atoms with Crippen LogP contribution in [0.2, 0.25) is 5.02 Å². The fourth-order valence-corrected chi connectivity index (χ4v) is 1.90. The lowest BCUT2D eigenvalue weighted by atomic mass is 10.2. The number of carboxylic acids is 1. The van der Waals surface area contributed by atoms with Crippen molar-refractivity contribution in [2.24, 2.45) is 0 Å². The van der Waals surface area contributed by atoms with Gasteiger partial charge in [0.05, 0.1) is 11.6 Å². The molecular formula is C8H6BrClO3. The minimum Gasteiger partial charge on any atom is -0.495 e. The van der Waals surface area contributed by atoms with Crippen molar-refractivity contribution < 1.29 is 14.6 Å². The molecule has 0 aromatic heterocycles. The predicted molar refractivity (Wildman–Crippen MR) is 52.7 cm³/mol. The van der Waals surface area contributed by atoms with Gasteiger partial charge in [-0.3, -0.25) is 0 Å². The maximum atomic E-state index is 10.7. The molecule has 70 valence electrons. The molecule has 0 aliphatic carbocycles. The predicted octanol–water partition coefficient (Wildman–Crippen LogP) is 2.81. The zero-order valence-corrected chi connectivity index (χ0v) is 9.02. The third-order valence-corrected chi connectivity index (χ3v) is 2.25. The summed E-state index contributed by atoms with van der Waals surface area (Å²) in [4.78, 5) is 10.7. The summed E-state index contributed by atoms with van der Waals surface area (Å²) in [6.45, 7) is 0. The zero-order valence-electron chi connectivity index (χ0n) is 6.67. The number of rotatable bonds is 2. The third-order valence-electron chi connectivity index (χ3n) is 1.44. The van der Waals surface area contributed by atoms with Crippen molar-refractivity contribution in [2.75, 3.05) is 7.11 Å². The van der Waals surface area contributed by atoms with Crippen molar-refractivity contribution >= 4 is 33.5 Å². The first-order chi connectivity index (χ1) is 6.06. The van der Waals surface area contributed by atoms with Crippen LogP contribution in [-0.4, -0.2) is 18.2 Å². The molecule has 13 heavy (non-hydrogen) atoms. The fraction of sp³-hybridized carbons (Fsp3) is 0.125. The minimum atomic E-state index is -1.07. The molecule has 3 nitrogen and oxygen atoms in total. The molecule has 1 rings (SSSR count). The summed E-state index contributed by atoms with van der Waals surface area (Å²) in [6, 6.07) is 2.92. The molecule has 0 bridgehead atoms. The van der Waals surface area contributed by atoms with Crippen LogP contribution in [0.25, 0.3) is 0 Å². The van der Waals surface area contributed by atoms with E-state index >= 15 is 0 Å². The third kappa shape index (κ3) is 2.14. The normalized spacial score (nSPS) is 9.77. The van der Waals surface area contributed by atoms with E-state index in [1.165, 1.54) is 13.2 Å². The first kappa shape index (κ1) is 10.3. The Bertz CT molecular complexity index is 351. The van der Waals surface area contributed by atoms with Crippen molar-refractivity contribution in [3.8, 4) is 5.75 Å². The van der Waals surface area contributed by atoms with Crippen LogP contribution in [0.4, 0.5) is 0 Å². The van der Waals surface area contributed by atoms with E-state index in [1.54, 1.807) is 6.07 Å². The van der Waals surface area contributed by atoms with E-state index in [0.717, 1.165) is 0 Å². The van der Waals surface area contributed by atoms with Crippen LogP contribution in [0.15, 0.2) is 16.6 Å². The van der Waals surface area contributed by atoms with Gasteiger partial charge < -0.3 is 9.84 Å². The van der Waals surface area contributed by atoms with Crippen molar-refractivity contribution in [1.82, 2.24) is 0 Å². The van der Waals surface area contributed by atoms with Crippen molar-refractivity contribution in [2.45, 2.75) is 0 Å². The number of halogens is 2. The maximum absolute atomic E-state index is 10.7. The van der Waals surface area contributed by atoms with Gasteiger partial charge in [-0.15, -0.1) is 0 Å². The minimum absolute atomic E-state index is 0.0434. The van der Waals surface area contributed by atoms with Gasteiger partial charge in [0.2, 0.25) is 0 Å². The smallest absolute Gasteiger partial charge is 0.339 e. The lowest BCUT2D eigenvalue weighted by molar-refractivity contribution is 0.0693. The highest BCUT2D eigenvalue weighted by molar-refractivity contribution is 9.10. The molecule has 1 N–H and O–H groups in total. The Morgan fingerprint density at radius 3 is 2.69 bits per heavy atom. The average molecular weight is 265 g/mol. The molecule has 0 aliphatic heterocycles. The highest BCUT2D eigenvalue weighted by Gasteiger charge is 2.14. The zero-order chi connectivity index (χ0) is 10.0. The fourth-order valence-electron chi connectivity index (χ4n) is 0.927. The van der Waals surface area contributed by atoms with E-state index in [2.05, 4.69) is 15.9 Å². The van der Waals surface area contributed by atoms with Gasteiger partial charge in [-0.2, -0.15) is 0 Å². The van der Waals surface area contributed by atoms with Gasteiger partial charge in [-0.05, 0) is 28.1 Å². The Balaban J connectivity index is 3.38. The quantitative estimate of drug-likeness (QED) is 0.894. The molecule has 1 aromatic rings. The summed E-state index contributed by atoms with van der Waals surface area (Å²) in [5.41, 5.74) is 0.0434. The van der Waals surface area contributed by atoms with Crippen molar-refractivity contribution in [3.05, 3.63) is 27.2 Å². The van der Waals surface area contributed by atoms with Crippen LogP contribution < -0.4 is 4.74 Å². The van der Waals surface area contributed by atoms with E-state index in [1.807, 2.05) is 0 Å².